The second-order valence-corrected chi connectivity index (χ2v) is 13.0. The van der Waals surface area contributed by atoms with Crippen molar-refractivity contribution in [3.05, 3.63) is 178 Å². The Labute approximate surface area is 252 Å². The largest absolute Gasteiger partial charge is 0.312 e. The van der Waals surface area contributed by atoms with E-state index in [0.29, 0.717) is 36.8 Å². The van der Waals surface area contributed by atoms with Gasteiger partial charge in [-0.05, 0) is 46.5 Å². The molecule has 0 aliphatic carbocycles. The molecule has 0 aromatic heterocycles. The molecule has 0 aliphatic rings. The molecule has 5 nitrogen and oxygen atoms in total. The molecule has 5 aromatic carbocycles. The number of amides is 1. The minimum absolute atomic E-state index is 0.369. The average Bonchev–Trinajstić information content (AvgIpc) is 3.03. The van der Waals surface area contributed by atoms with Crippen LogP contribution in [0, 0.1) is 0 Å². The highest BCUT2D eigenvalue weighted by molar-refractivity contribution is 7.57. The molecule has 0 spiro atoms. The van der Waals surface area contributed by atoms with Gasteiger partial charge in [0.15, 0.2) is 0 Å². The van der Waals surface area contributed by atoms with Crippen molar-refractivity contribution in [3.8, 4) is 0 Å². The highest BCUT2D eigenvalue weighted by Gasteiger charge is 2.39. The molecule has 1 N–H and O–H groups in total. The van der Waals surface area contributed by atoms with Crippen LogP contribution < -0.4 is 5.09 Å². The lowest BCUT2D eigenvalue weighted by Crippen LogP contribution is -2.40. The van der Waals surface area contributed by atoms with Gasteiger partial charge in [0.25, 0.3) is 5.91 Å². The number of carbonyl (C=O) groups excluding carboxylic acids is 1. The van der Waals surface area contributed by atoms with Gasteiger partial charge in [0.1, 0.15) is 0 Å². The van der Waals surface area contributed by atoms with E-state index < -0.39 is 13.5 Å². The van der Waals surface area contributed by atoms with Crippen molar-refractivity contribution >= 4 is 25.1 Å². The van der Waals surface area contributed by atoms with Crippen LogP contribution in [0.15, 0.2) is 146 Å². The summed E-state index contributed by atoms with van der Waals surface area (Å²) in [6, 6.07) is 46.4. The first kappa shape index (κ1) is 29.5. The predicted molar refractivity (Wildman–Crippen MR) is 171 cm³/mol. The molecular weight excluding hydrogens is 561 g/mol. The van der Waals surface area contributed by atoms with Gasteiger partial charge < -0.3 is 0 Å². The molecule has 0 fully saturated rings. The Morgan fingerprint density at radius 3 is 1.14 bits per heavy atom. The van der Waals surface area contributed by atoms with Crippen molar-refractivity contribution < 1.29 is 9.36 Å². The maximum Gasteiger partial charge on any atom is 0.312 e. The second-order valence-electron chi connectivity index (χ2n) is 10.1. The zero-order chi connectivity index (χ0) is 29.2. The SMILES string of the molecule is O=C(NP(=O)(N(Cc1ccccc1)Cc1ccccc1)N(Cc1ccccc1)Cc1ccccc1)c1ccc(Cl)cc1. The van der Waals surface area contributed by atoms with Crippen molar-refractivity contribution in [1.82, 2.24) is 14.4 Å². The highest BCUT2D eigenvalue weighted by atomic mass is 35.5. The number of nitrogens with one attached hydrogen (secondary N) is 1. The number of benzene rings is 5. The van der Waals surface area contributed by atoms with Crippen LogP contribution in [-0.2, 0) is 30.7 Å². The van der Waals surface area contributed by atoms with E-state index in [1.54, 1.807) is 24.3 Å². The lowest BCUT2D eigenvalue weighted by molar-refractivity contribution is 0.0972. The minimum Gasteiger partial charge on any atom is -0.279 e. The van der Waals surface area contributed by atoms with Crippen molar-refractivity contribution in [1.29, 1.82) is 0 Å². The zero-order valence-electron chi connectivity index (χ0n) is 23.2. The Morgan fingerprint density at radius 2 is 0.833 bits per heavy atom. The van der Waals surface area contributed by atoms with Crippen LogP contribution in [0.25, 0.3) is 0 Å². The summed E-state index contributed by atoms with van der Waals surface area (Å²) in [5.41, 5.74) is 4.36. The van der Waals surface area contributed by atoms with Crippen LogP contribution in [0.4, 0.5) is 0 Å². The van der Waals surface area contributed by atoms with Gasteiger partial charge in [-0.3, -0.25) is 14.4 Å². The first-order valence-corrected chi connectivity index (χ1v) is 15.8. The topological polar surface area (TPSA) is 52.7 Å². The summed E-state index contributed by atoms with van der Waals surface area (Å²) >= 11 is 6.11. The molecule has 0 radical (unpaired) electrons. The van der Waals surface area contributed by atoms with Gasteiger partial charge >= 0.3 is 7.59 Å². The predicted octanol–water partition coefficient (Wildman–Crippen LogP) is 8.58. The first-order valence-electron chi connectivity index (χ1n) is 13.8. The fraction of sp³-hybridized carbons (Fsp3) is 0.114. The van der Waals surface area contributed by atoms with E-state index in [2.05, 4.69) is 5.09 Å². The van der Waals surface area contributed by atoms with Gasteiger partial charge in [-0.2, -0.15) is 0 Å². The second kappa shape index (κ2) is 14.3. The van der Waals surface area contributed by atoms with Crippen LogP contribution in [0.3, 0.4) is 0 Å². The first-order chi connectivity index (χ1) is 20.5. The summed E-state index contributed by atoms with van der Waals surface area (Å²) in [6.45, 7) is 1.48. The lowest BCUT2D eigenvalue weighted by Gasteiger charge is -2.39. The molecule has 0 atom stereocenters. The molecule has 0 saturated heterocycles. The number of nitrogens with zero attached hydrogens (tertiary/aromatic N) is 2. The quantitative estimate of drug-likeness (QED) is 0.147. The number of hydrogen-bond acceptors (Lipinski definition) is 2. The summed E-state index contributed by atoms with van der Waals surface area (Å²) in [5, 5.41) is 3.56. The van der Waals surface area contributed by atoms with Crippen LogP contribution in [0.1, 0.15) is 32.6 Å². The van der Waals surface area contributed by atoms with Crippen molar-refractivity contribution in [2.75, 3.05) is 0 Å². The molecule has 0 bridgehead atoms. The summed E-state index contributed by atoms with van der Waals surface area (Å²) < 4.78 is 19.6. The molecule has 0 heterocycles. The summed E-state index contributed by atoms with van der Waals surface area (Å²) in [7, 11) is -3.80. The lowest BCUT2D eigenvalue weighted by atomic mass is 10.2. The van der Waals surface area contributed by atoms with E-state index in [4.69, 9.17) is 11.6 Å². The maximum absolute atomic E-state index is 15.8. The Hall–Kier alpha value is -3.99. The van der Waals surface area contributed by atoms with Gasteiger partial charge in [0, 0.05) is 36.8 Å². The molecule has 0 saturated carbocycles. The van der Waals surface area contributed by atoms with Crippen LogP contribution in [0.5, 0.6) is 0 Å². The van der Waals surface area contributed by atoms with Gasteiger partial charge in [-0.1, -0.05) is 133 Å². The number of hydrogen-bond donors (Lipinski definition) is 1. The van der Waals surface area contributed by atoms with Crippen molar-refractivity contribution in [3.63, 3.8) is 0 Å². The third-order valence-electron chi connectivity index (χ3n) is 6.95. The Morgan fingerprint density at radius 1 is 0.524 bits per heavy atom. The van der Waals surface area contributed by atoms with E-state index >= 15 is 4.57 Å². The molecular formula is C35H33ClN3O2P. The van der Waals surface area contributed by atoms with Gasteiger partial charge in [-0.25, -0.2) is 9.34 Å². The number of rotatable bonds is 12. The summed E-state index contributed by atoms with van der Waals surface area (Å²) in [5.74, 6) is -0.424. The van der Waals surface area contributed by atoms with Crippen molar-refractivity contribution in [2.24, 2.45) is 0 Å². The molecule has 0 unspecified atom stereocenters. The standard InChI is InChI=1S/C35H33ClN3O2P/c36-34-23-21-33(22-24-34)35(40)37-42(41,38(25-29-13-5-1-6-14-29)26-30-15-7-2-8-16-30)39(27-31-17-9-3-10-18-31)28-32-19-11-4-12-20-32/h1-24H,25-28H2,(H,37,40,41). The van der Waals surface area contributed by atoms with Crippen molar-refractivity contribution in [2.45, 2.75) is 26.2 Å². The van der Waals surface area contributed by atoms with E-state index in [9.17, 15) is 4.79 Å². The molecule has 1 amide bonds. The number of carbonyl (C=O) groups is 1. The minimum atomic E-state index is -3.80. The molecule has 7 heteroatoms. The maximum atomic E-state index is 15.8. The third kappa shape index (κ3) is 7.84. The third-order valence-corrected chi connectivity index (χ3v) is 9.80. The van der Waals surface area contributed by atoms with Gasteiger partial charge in [-0.15, -0.1) is 0 Å². The van der Waals surface area contributed by atoms with Crippen LogP contribution in [0.2, 0.25) is 5.02 Å². The van der Waals surface area contributed by atoms with E-state index in [1.807, 2.05) is 131 Å². The highest BCUT2D eigenvalue weighted by Crippen LogP contribution is 2.53. The summed E-state index contributed by atoms with van der Waals surface area (Å²) in [6.07, 6.45) is 0. The normalized spacial score (nSPS) is 11.5. The average molecular weight is 594 g/mol. The monoisotopic (exact) mass is 593 g/mol. The van der Waals surface area contributed by atoms with Gasteiger partial charge in [0.05, 0.1) is 0 Å². The fourth-order valence-corrected chi connectivity index (χ4v) is 7.37. The Kier molecular flexibility index (Phi) is 10.0. The fourth-order valence-electron chi connectivity index (χ4n) is 4.79. The zero-order valence-corrected chi connectivity index (χ0v) is 24.9. The smallest absolute Gasteiger partial charge is 0.279 e. The molecule has 0 aliphatic heterocycles. The van der Waals surface area contributed by atoms with Gasteiger partial charge in [0.2, 0.25) is 0 Å². The Balaban J connectivity index is 1.62. The van der Waals surface area contributed by atoms with Crippen LogP contribution in [-0.4, -0.2) is 15.2 Å². The van der Waals surface area contributed by atoms with E-state index in [0.717, 1.165) is 22.3 Å². The molecule has 42 heavy (non-hydrogen) atoms. The molecule has 5 rings (SSSR count). The van der Waals surface area contributed by atoms with Crippen LogP contribution >= 0.6 is 19.2 Å². The van der Waals surface area contributed by atoms with E-state index in [-0.39, 0.29) is 0 Å². The van der Waals surface area contributed by atoms with E-state index in [1.165, 1.54) is 0 Å². The molecule has 5 aromatic rings. The summed E-state index contributed by atoms with van der Waals surface area (Å²) in [4.78, 5) is 13.8. The Bertz CT molecular complexity index is 1430. The number of halogens is 1. The molecule has 212 valence electrons.